The van der Waals surface area contributed by atoms with Crippen LogP contribution in [0.2, 0.25) is 0 Å². The van der Waals surface area contributed by atoms with Crippen LogP contribution in [0.15, 0.2) is 0 Å². The summed E-state index contributed by atoms with van der Waals surface area (Å²) in [4.78, 5) is 12.7. The van der Waals surface area contributed by atoms with Crippen molar-refractivity contribution in [2.75, 3.05) is 6.61 Å². The Morgan fingerprint density at radius 2 is 1.68 bits per heavy atom. The second kappa shape index (κ2) is 6.85. The lowest BCUT2D eigenvalue weighted by atomic mass is 9.41. The first-order valence-electron chi connectivity index (χ1n) is 15.5. The van der Waals surface area contributed by atoms with Crippen LogP contribution in [-0.2, 0) is 23.7 Å². The number of aliphatic hydroxyl groups excluding tert-OH is 1. The maximum Gasteiger partial charge on any atom is 0.302 e. The Morgan fingerprint density at radius 3 is 2.34 bits per heavy atom. The zero-order valence-electron chi connectivity index (χ0n) is 24.5. The van der Waals surface area contributed by atoms with Gasteiger partial charge >= 0.3 is 5.97 Å². The summed E-state index contributed by atoms with van der Waals surface area (Å²) in [5.74, 6) is 1.09. The molecule has 0 amide bonds. The molecule has 212 valence electrons. The lowest BCUT2D eigenvalue weighted by Gasteiger charge is -2.65. The highest BCUT2D eigenvalue weighted by Gasteiger charge is 2.86. The molecule has 38 heavy (non-hydrogen) atoms. The summed E-state index contributed by atoms with van der Waals surface area (Å²) in [5.41, 5.74) is 0.108. The lowest BCUT2D eigenvalue weighted by Crippen LogP contribution is -2.63. The van der Waals surface area contributed by atoms with E-state index in [4.69, 9.17) is 18.9 Å². The summed E-state index contributed by atoms with van der Waals surface area (Å²) in [5, 5.41) is 11.0. The van der Waals surface area contributed by atoms with Crippen molar-refractivity contribution in [3.8, 4) is 0 Å². The van der Waals surface area contributed by atoms with Crippen LogP contribution in [-0.4, -0.2) is 53.5 Å². The molecule has 6 heteroatoms. The zero-order valence-corrected chi connectivity index (χ0v) is 24.5. The Bertz CT molecular complexity index is 1110. The van der Waals surface area contributed by atoms with Gasteiger partial charge in [-0.05, 0) is 97.2 Å². The first kappa shape index (κ1) is 25.1. The monoisotopic (exact) mass is 528 g/mol. The van der Waals surface area contributed by atoms with E-state index in [1.165, 1.54) is 19.3 Å². The van der Waals surface area contributed by atoms with Gasteiger partial charge < -0.3 is 24.1 Å². The summed E-state index contributed by atoms with van der Waals surface area (Å²) in [6, 6.07) is 0. The molecule has 14 atom stereocenters. The maximum atomic E-state index is 12.7. The highest BCUT2D eigenvalue weighted by atomic mass is 16.8. The summed E-state index contributed by atoms with van der Waals surface area (Å²) in [7, 11) is 0. The summed E-state index contributed by atoms with van der Waals surface area (Å²) >= 11 is 0. The fraction of sp³-hybridized carbons (Fsp3) is 0.969. The van der Waals surface area contributed by atoms with Crippen LogP contribution in [0.25, 0.3) is 0 Å². The van der Waals surface area contributed by atoms with Crippen LogP contribution in [0.5, 0.6) is 0 Å². The van der Waals surface area contributed by atoms with Gasteiger partial charge in [-0.3, -0.25) is 4.79 Å². The van der Waals surface area contributed by atoms with E-state index in [2.05, 4.69) is 41.5 Å². The van der Waals surface area contributed by atoms with Gasteiger partial charge in [0.05, 0.1) is 18.8 Å². The Balaban J connectivity index is 1.21. The SMILES string of the molecule is CC(=O)O[C@@H]1C[C@@]23C[C@@]24CC[C@H](O)C(C)(C)[C@@H]4CC[C@H]3[C@]2(C)CC3OC4(C[C@@H](C)[C@@H]3[C@@]12C)OCC1(C)OC14. The summed E-state index contributed by atoms with van der Waals surface area (Å²) in [6.45, 7) is 16.4. The van der Waals surface area contributed by atoms with Crippen molar-refractivity contribution in [3.63, 3.8) is 0 Å². The average Bonchev–Trinajstić information content (AvgIpc) is 3.64. The Labute approximate surface area is 227 Å². The summed E-state index contributed by atoms with van der Waals surface area (Å²) in [6.07, 6.45) is 8.30. The van der Waals surface area contributed by atoms with Crippen LogP contribution in [0.1, 0.15) is 99.8 Å². The van der Waals surface area contributed by atoms with Crippen LogP contribution < -0.4 is 0 Å². The molecule has 8 rings (SSSR count). The normalized spacial score (nSPS) is 64.5. The minimum atomic E-state index is -0.619. The minimum Gasteiger partial charge on any atom is -0.462 e. The molecule has 0 aromatic rings. The molecule has 0 radical (unpaired) electrons. The van der Waals surface area contributed by atoms with E-state index in [1.54, 1.807) is 6.92 Å². The quantitative estimate of drug-likeness (QED) is 0.370. The average molecular weight is 529 g/mol. The van der Waals surface area contributed by atoms with Crippen molar-refractivity contribution in [2.45, 2.75) is 136 Å². The van der Waals surface area contributed by atoms with Crippen molar-refractivity contribution < 1.29 is 28.8 Å². The lowest BCUT2D eigenvalue weighted by molar-refractivity contribution is -0.308. The highest BCUT2D eigenvalue weighted by Crippen LogP contribution is 2.89. The number of epoxide rings is 1. The largest absolute Gasteiger partial charge is 0.462 e. The standard InChI is InChI=1S/C32H48O6/c1-17-12-32(25-28(6,38-25)16-35-32)37-19-13-27(5)21-9-8-20-26(3,4)22(34)10-11-30(20)15-31(21,30)14-23(36-18(2)33)29(27,7)24(17)19/h17,19-25,34H,8-16H2,1-7H3/t17-,19?,20+,21+,22+,23-,24+,25?,27+,28?,29-,30-,31+,32?/m1/s1. The predicted molar refractivity (Wildman–Crippen MR) is 140 cm³/mol. The van der Waals surface area contributed by atoms with Crippen LogP contribution in [0.3, 0.4) is 0 Å². The molecule has 8 fully saturated rings. The molecular weight excluding hydrogens is 480 g/mol. The van der Waals surface area contributed by atoms with Gasteiger partial charge in [0, 0.05) is 18.8 Å². The first-order valence-corrected chi connectivity index (χ1v) is 15.5. The molecule has 3 heterocycles. The van der Waals surface area contributed by atoms with Gasteiger partial charge in [-0.2, -0.15) is 0 Å². The van der Waals surface area contributed by atoms with Gasteiger partial charge in [-0.1, -0.05) is 34.6 Å². The molecular formula is C32H48O6. The molecule has 6 nitrogen and oxygen atoms in total. The molecule has 8 aliphatic rings. The number of esters is 1. The number of carbonyl (C=O) groups is 1. The highest BCUT2D eigenvalue weighted by molar-refractivity contribution is 5.66. The summed E-state index contributed by atoms with van der Waals surface area (Å²) < 4.78 is 26.1. The number of hydrogen-bond acceptors (Lipinski definition) is 6. The van der Waals surface area contributed by atoms with Crippen molar-refractivity contribution in [2.24, 2.45) is 50.7 Å². The van der Waals surface area contributed by atoms with Gasteiger partial charge in [0.2, 0.25) is 0 Å². The van der Waals surface area contributed by atoms with Gasteiger partial charge in [-0.15, -0.1) is 0 Å². The van der Waals surface area contributed by atoms with E-state index in [-0.39, 0.29) is 63.1 Å². The second-order valence-electron chi connectivity index (χ2n) is 16.5. The molecule has 5 saturated carbocycles. The Morgan fingerprint density at radius 1 is 0.947 bits per heavy atom. The molecule has 3 aliphatic heterocycles. The molecule has 3 spiro atoms. The number of hydrogen-bond donors (Lipinski definition) is 1. The van der Waals surface area contributed by atoms with E-state index < -0.39 is 5.79 Å². The fourth-order valence-electron chi connectivity index (χ4n) is 13.3. The maximum absolute atomic E-state index is 12.7. The van der Waals surface area contributed by atoms with E-state index in [0.717, 1.165) is 32.1 Å². The minimum absolute atomic E-state index is 0.0154. The van der Waals surface area contributed by atoms with Crippen LogP contribution >= 0.6 is 0 Å². The Hall–Kier alpha value is -0.690. The first-order chi connectivity index (χ1) is 17.7. The van der Waals surface area contributed by atoms with Crippen molar-refractivity contribution in [1.29, 1.82) is 0 Å². The molecule has 0 aromatic carbocycles. The molecule has 0 aromatic heterocycles. The third-order valence-corrected chi connectivity index (χ3v) is 14.9. The second-order valence-corrected chi connectivity index (χ2v) is 16.5. The number of rotatable bonds is 1. The van der Waals surface area contributed by atoms with Crippen molar-refractivity contribution >= 4 is 5.97 Å². The number of fused-ring (bicyclic) bond motifs is 6. The molecule has 1 N–H and O–H groups in total. The smallest absolute Gasteiger partial charge is 0.302 e. The number of aliphatic hydroxyl groups is 1. The molecule has 4 unspecified atom stereocenters. The topological polar surface area (TPSA) is 77.5 Å². The zero-order chi connectivity index (χ0) is 26.9. The van der Waals surface area contributed by atoms with Gasteiger partial charge in [0.25, 0.3) is 0 Å². The van der Waals surface area contributed by atoms with Crippen molar-refractivity contribution in [3.05, 3.63) is 0 Å². The predicted octanol–water partition coefficient (Wildman–Crippen LogP) is 5.25. The van der Waals surface area contributed by atoms with Crippen LogP contribution in [0.4, 0.5) is 0 Å². The van der Waals surface area contributed by atoms with Gasteiger partial charge in [0.15, 0.2) is 5.79 Å². The van der Waals surface area contributed by atoms with E-state index in [9.17, 15) is 9.90 Å². The van der Waals surface area contributed by atoms with Crippen molar-refractivity contribution in [1.82, 2.24) is 0 Å². The van der Waals surface area contributed by atoms with E-state index in [1.807, 2.05) is 0 Å². The third-order valence-electron chi connectivity index (χ3n) is 14.9. The number of carbonyl (C=O) groups excluding carboxylic acids is 1. The van der Waals surface area contributed by atoms with Gasteiger partial charge in [0.1, 0.15) is 17.8 Å². The van der Waals surface area contributed by atoms with Crippen LogP contribution in [0, 0.1) is 50.7 Å². The molecule has 5 aliphatic carbocycles. The van der Waals surface area contributed by atoms with E-state index in [0.29, 0.717) is 30.3 Å². The fourth-order valence-corrected chi connectivity index (χ4v) is 13.3. The molecule has 3 saturated heterocycles. The Kier molecular flexibility index (Phi) is 4.51. The third kappa shape index (κ3) is 2.52. The molecule has 0 bridgehead atoms. The number of ether oxygens (including phenoxy) is 4. The van der Waals surface area contributed by atoms with E-state index >= 15 is 0 Å². The van der Waals surface area contributed by atoms with Gasteiger partial charge in [-0.25, -0.2) is 0 Å².